The number of rotatable bonds is 4. The van der Waals surface area contributed by atoms with Gasteiger partial charge in [-0.25, -0.2) is 0 Å². The summed E-state index contributed by atoms with van der Waals surface area (Å²) in [5.41, 5.74) is 0.142. The summed E-state index contributed by atoms with van der Waals surface area (Å²) >= 11 is 0. The molecular formula is C12H22O2. The molecule has 2 unspecified atom stereocenters. The van der Waals surface area contributed by atoms with Crippen molar-refractivity contribution in [3.05, 3.63) is 0 Å². The van der Waals surface area contributed by atoms with Crippen molar-refractivity contribution in [1.82, 2.24) is 0 Å². The zero-order valence-electron chi connectivity index (χ0n) is 9.80. The van der Waals surface area contributed by atoms with Crippen LogP contribution in [0.1, 0.15) is 47.0 Å². The summed E-state index contributed by atoms with van der Waals surface area (Å²) in [5, 5.41) is 0. The van der Waals surface area contributed by atoms with Crippen LogP contribution in [-0.2, 0) is 9.53 Å². The number of carbonyl (C=O) groups is 1. The molecule has 0 saturated heterocycles. The van der Waals surface area contributed by atoms with E-state index in [-0.39, 0.29) is 17.3 Å². The lowest BCUT2D eigenvalue weighted by Gasteiger charge is -2.49. The van der Waals surface area contributed by atoms with Crippen LogP contribution >= 0.6 is 0 Å². The number of unbranched alkanes of at least 4 members (excludes halogenated alkanes) is 1. The van der Waals surface area contributed by atoms with Crippen molar-refractivity contribution >= 4 is 5.97 Å². The molecule has 1 aliphatic rings. The summed E-state index contributed by atoms with van der Waals surface area (Å²) in [5.74, 6) is 0.794. The summed E-state index contributed by atoms with van der Waals surface area (Å²) in [6.45, 7) is 9.22. The fraction of sp³-hybridized carbons (Fsp3) is 0.917. The molecule has 0 heterocycles. The van der Waals surface area contributed by atoms with Crippen LogP contribution in [0.3, 0.4) is 0 Å². The van der Waals surface area contributed by atoms with Gasteiger partial charge in [0.2, 0.25) is 0 Å². The van der Waals surface area contributed by atoms with Gasteiger partial charge in [0.05, 0.1) is 12.5 Å². The fourth-order valence-corrected chi connectivity index (χ4v) is 1.96. The third kappa shape index (κ3) is 2.10. The number of hydrogen-bond donors (Lipinski definition) is 0. The molecule has 0 aromatic carbocycles. The Kier molecular flexibility index (Phi) is 3.57. The van der Waals surface area contributed by atoms with Gasteiger partial charge in [-0.3, -0.25) is 4.79 Å². The molecule has 0 N–H and O–H groups in total. The molecule has 1 fully saturated rings. The molecule has 82 valence electrons. The van der Waals surface area contributed by atoms with Crippen LogP contribution in [0.15, 0.2) is 0 Å². The third-order valence-corrected chi connectivity index (χ3v) is 3.78. The van der Waals surface area contributed by atoms with Gasteiger partial charge in [0.1, 0.15) is 0 Å². The second-order valence-electron chi connectivity index (χ2n) is 5.03. The molecule has 14 heavy (non-hydrogen) atoms. The summed E-state index contributed by atoms with van der Waals surface area (Å²) in [4.78, 5) is 11.6. The Morgan fingerprint density at radius 1 is 1.50 bits per heavy atom. The number of esters is 1. The first-order valence-corrected chi connectivity index (χ1v) is 5.66. The van der Waals surface area contributed by atoms with Crippen molar-refractivity contribution in [3.8, 4) is 0 Å². The molecule has 0 aliphatic heterocycles. The highest BCUT2D eigenvalue weighted by Gasteiger charge is 2.49. The van der Waals surface area contributed by atoms with E-state index in [2.05, 4.69) is 27.7 Å². The quantitative estimate of drug-likeness (QED) is 0.512. The highest BCUT2D eigenvalue weighted by atomic mass is 16.5. The highest BCUT2D eigenvalue weighted by Crippen LogP contribution is 2.51. The lowest BCUT2D eigenvalue weighted by molar-refractivity contribution is -0.164. The molecule has 2 atom stereocenters. The smallest absolute Gasteiger partial charge is 0.309 e. The van der Waals surface area contributed by atoms with E-state index < -0.39 is 0 Å². The van der Waals surface area contributed by atoms with Crippen LogP contribution in [0, 0.1) is 17.3 Å². The number of carbonyl (C=O) groups excluding carboxylic acids is 1. The molecule has 0 spiro atoms. The second-order valence-corrected chi connectivity index (χ2v) is 5.03. The maximum Gasteiger partial charge on any atom is 0.309 e. The summed E-state index contributed by atoms with van der Waals surface area (Å²) in [6, 6.07) is 0. The molecule has 0 bridgehead atoms. The van der Waals surface area contributed by atoms with E-state index in [9.17, 15) is 4.79 Å². The third-order valence-electron chi connectivity index (χ3n) is 3.78. The minimum atomic E-state index is 0.0153. The summed E-state index contributed by atoms with van der Waals surface area (Å²) in [7, 11) is 0. The van der Waals surface area contributed by atoms with Crippen molar-refractivity contribution in [3.63, 3.8) is 0 Å². The molecular weight excluding hydrogens is 176 g/mol. The summed E-state index contributed by atoms with van der Waals surface area (Å²) < 4.78 is 5.23. The normalized spacial score (nSPS) is 29.4. The number of ether oxygens (including phenoxy) is 1. The Bertz CT molecular complexity index is 208. The maximum absolute atomic E-state index is 11.6. The molecule has 0 aromatic rings. The Morgan fingerprint density at radius 3 is 2.57 bits per heavy atom. The van der Waals surface area contributed by atoms with Gasteiger partial charge >= 0.3 is 5.97 Å². The Hall–Kier alpha value is -0.530. The van der Waals surface area contributed by atoms with Crippen molar-refractivity contribution in [2.24, 2.45) is 17.3 Å². The SMILES string of the molecule is CCCCOC(=O)C1CC(C)C1(C)C. The molecule has 2 heteroatoms. The Morgan fingerprint density at radius 2 is 2.14 bits per heavy atom. The van der Waals surface area contributed by atoms with Crippen LogP contribution in [0.2, 0.25) is 0 Å². The lowest BCUT2D eigenvalue weighted by atomic mass is 9.55. The van der Waals surface area contributed by atoms with Gasteiger partial charge in [0, 0.05) is 0 Å². The van der Waals surface area contributed by atoms with Gasteiger partial charge in [0.25, 0.3) is 0 Å². The van der Waals surface area contributed by atoms with E-state index >= 15 is 0 Å². The van der Waals surface area contributed by atoms with Crippen molar-refractivity contribution in [2.75, 3.05) is 6.61 Å². The van der Waals surface area contributed by atoms with E-state index in [1.807, 2.05) is 0 Å². The van der Waals surface area contributed by atoms with Crippen LogP contribution in [0.4, 0.5) is 0 Å². The first-order valence-electron chi connectivity index (χ1n) is 5.66. The van der Waals surface area contributed by atoms with Crippen molar-refractivity contribution in [1.29, 1.82) is 0 Å². The van der Waals surface area contributed by atoms with Crippen LogP contribution in [0.5, 0.6) is 0 Å². The zero-order valence-corrected chi connectivity index (χ0v) is 9.80. The van der Waals surface area contributed by atoms with E-state index in [1.165, 1.54) is 0 Å². The number of hydrogen-bond acceptors (Lipinski definition) is 2. The largest absolute Gasteiger partial charge is 0.465 e. The Balaban J connectivity index is 2.33. The molecule has 0 aromatic heterocycles. The minimum Gasteiger partial charge on any atom is -0.465 e. The highest BCUT2D eigenvalue weighted by molar-refractivity contribution is 5.74. The zero-order chi connectivity index (χ0) is 10.8. The fourth-order valence-electron chi connectivity index (χ4n) is 1.96. The van der Waals surface area contributed by atoms with Gasteiger partial charge in [-0.2, -0.15) is 0 Å². The predicted octanol–water partition coefficient (Wildman–Crippen LogP) is 3.01. The van der Waals surface area contributed by atoms with Gasteiger partial charge in [-0.1, -0.05) is 34.1 Å². The monoisotopic (exact) mass is 198 g/mol. The van der Waals surface area contributed by atoms with E-state index in [0.717, 1.165) is 19.3 Å². The van der Waals surface area contributed by atoms with Gasteiger partial charge in [0.15, 0.2) is 0 Å². The first kappa shape index (κ1) is 11.5. The average Bonchev–Trinajstić information content (AvgIpc) is 2.14. The van der Waals surface area contributed by atoms with Gasteiger partial charge in [-0.15, -0.1) is 0 Å². The van der Waals surface area contributed by atoms with Crippen molar-refractivity contribution < 1.29 is 9.53 Å². The topological polar surface area (TPSA) is 26.3 Å². The van der Waals surface area contributed by atoms with E-state index in [4.69, 9.17) is 4.74 Å². The van der Waals surface area contributed by atoms with Gasteiger partial charge < -0.3 is 4.74 Å². The van der Waals surface area contributed by atoms with E-state index in [0.29, 0.717) is 12.5 Å². The second kappa shape index (κ2) is 4.33. The molecule has 1 rings (SSSR count). The predicted molar refractivity (Wildman–Crippen MR) is 56.9 cm³/mol. The Labute approximate surface area is 87.0 Å². The first-order chi connectivity index (χ1) is 6.50. The molecule has 2 nitrogen and oxygen atoms in total. The van der Waals surface area contributed by atoms with E-state index in [1.54, 1.807) is 0 Å². The van der Waals surface area contributed by atoms with Crippen molar-refractivity contribution in [2.45, 2.75) is 47.0 Å². The standard InChI is InChI=1S/C12H22O2/c1-5-6-7-14-11(13)10-8-9(2)12(10,3)4/h9-10H,5-8H2,1-4H3. The molecule has 0 amide bonds. The minimum absolute atomic E-state index is 0.0153. The molecule has 0 radical (unpaired) electrons. The molecule has 1 aliphatic carbocycles. The maximum atomic E-state index is 11.6. The van der Waals surface area contributed by atoms with Gasteiger partial charge in [-0.05, 0) is 24.2 Å². The van der Waals surface area contributed by atoms with Crippen LogP contribution < -0.4 is 0 Å². The van der Waals surface area contributed by atoms with Crippen LogP contribution in [-0.4, -0.2) is 12.6 Å². The lowest BCUT2D eigenvalue weighted by Crippen LogP contribution is -2.48. The molecule has 1 saturated carbocycles. The van der Waals surface area contributed by atoms with Crippen LogP contribution in [0.25, 0.3) is 0 Å². The average molecular weight is 198 g/mol. The summed E-state index contributed by atoms with van der Waals surface area (Å²) in [6.07, 6.45) is 3.06.